The van der Waals surface area contributed by atoms with Gasteiger partial charge in [-0.3, -0.25) is 14.7 Å². The zero-order valence-corrected chi connectivity index (χ0v) is 11.6. The van der Waals surface area contributed by atoms with Gasteiger partial charge in [0.1, 0.15) is 11.6 Å². The van der Waals surface area contributed by atoms with Gasteiger partial charge in [-0.2, -0.15) is 13.2 Å². The molecule has 0 saturated carbocycles. The number of aromatic nitrogens is 5. The minimum Gasteiger partial charge on any atom is -0.299 e. The second kappa shape index (κ2) is 5.27. The van der Waals surface area contributed by atoms with Crippen LogP contribution in [0.4, 0.5) is 18.3 Å². The van der Waals surface area contributed by atoms with Gasteiger partial charge in [0.15, 0.2) is 0 Å². The average Bonchev–Trinajstić information content (AvgIpc) is 2.87. The van der Waals surface area contributed by atoms with Crippen molar-refractivity contribution in [2.45, 2.75) is 19.6 Å². The Hall–Kier alpha value is -2.24. The summed E-state index contributed by atoms with van der Waals surface area (Å²) in [5.74, 6) is -2.09. The van der Waals surface area contributed by atoms with Gasteiger partial charge in [0.25, 0.3) is 0 Å². The fourth-order valence-electron chi connectivity index (χ4n) is 1.48. The molecule has 1 N–H and O–H groups in total. The second-order valence-corrected chi connectivity index (χ2v) is 5.18. The van der Waals surface area contributed by atoms with E-state index in [0.717, 1.165) is 18.4 Å². The molecule has 0 fully saturated rings. The summed E-state index contributed by atoms with van der Waals surface area (Å²) in [5.41, 5.74) is -1.04. The molecule has 2 aromatic rings. The molecule has 0 aliphatic carbocycles. The highest BCUT2D eigenvalue weighted by Crippen LogP contribution is 2.25. The van der Waals surface area contributed by atoms with Crippen LogP contribution < -0.4 is 11.0 Å². The Labute approximate surface area is 119 Å². The number of nitrogens with one attached hydrogen (secondary N) is 1. The summed E-state index contributed by atoms with van der Waals surface area (Å²) in [6, 6.07) is 0. The van der Waals surface area contributed by atoms with Crippen molar-refractivity contribution in [3.05, 3.63) is 21.3 Å². The van der Waals surface area contributed by atoms with Gasteiger partial charge in [0, 0.05) is 7.05 Å². The third-order valence-electron chi connectivity index (χ3n) is 2.36. The topological polar surface area (TPSA) is 94.7 Å². The Balaban J connectivity index is 2.16. The van der Waals surface area contributed by atoms with E-state index >= 15 is 0 Å². The normalized spacial score (nSPS) is 11.7. The van der Waals surface area contributed by atoms with Gasteiger partial charge >= 0.3 is 11.9 Å². The summed E-state index contributed by atoms with van der Waals surface area (Å²) in [6.45, 7) is 1.02. The van der Waals surface area contributed by atoms with Crippen molar-refractivity contribution in [3.63, 3.8) is 0 Å². The van der Waals surface area contributed by atoms with E-state index in [2.05, 4.69) is 20.6 Å². The number of halogens is 3. The van der Waals surface area contributed by atoms with Gasteiger partial charge < -0.3 is 0 Å². The number of rotatable bonds is 3. The van der Waals surface area contributed by atoms with Gasteiger partial charge in [0.05, 0.1) is 0 Å². The van der Waals surface area contributed by atoms with Crippen LogP contribution in [-0.2, 0) is 24.6 Å². The molecule has 2 rings (SSSR count). The van der Waals surface area contributed by atoms with Gasteiger partial charge in [-0.1, -0.05) is 11.3 Å². The number of hydrogen-bond acceptors (Lipinski definition) is 6. The zero-order valence-electron chi connectivity index (χ0n) is 10.8. The Kier molecular flexibility index (Phi) is 3.80. The van der Waals surface area contributed by atoms with Crippen molar-refractivity contribution in [1.29, 1.82) is 0 Å². The van der Waals surface area contributed by atoms with E-state index in [-0.39, 0.29) is 5.13 Å². The first-order valence-electron chi connectivity index (χ1n) is 5.49. The van der Waals surface area contributed by atoms with Crippen molar-refractivity contribution in [2.75, 3.05) is 5.32 Å². The first-order chi connectivity index (χ1) is 9.68. The van der Waals surface area contributed by atoms with E-state index in [0.29, 0.717) is 14.3 Å². The van der Waals surface area contributed by atoms with Crippen LogP contribution in [0.5, 0.6) is 0 Å². The first-order valence-corrected chi connectivity index (χ1v) is 6.31. The van der Waals surface area contributed by atoms with Gasteiger partial charge in [-0.25, -0.2) is 9.48 Å². The lowest BCUT2D eigenvalue weighted by Gasteiger charge is -2.02. The fraction of sp³-hybridized carbons (Fsp3) is 0.444. The predicted octanol–water partition coefficient (Wildman–Crippen LogP) is 0.399. The van der Waals surface area contributed by atoms with Gasteiger partial charge in [-0.15, -0.1) is 15.3 Å². The Morgan fingerprint density at radius 1 is 1.38 bits per heavy atom. The molecule has 0 aliphatic rings. The molecule has 0 aliphatic heterocycles. The number of carbonyl (C=O) groups is 1. The molecule has 12 heteroatoms. The molecule has 0 saturated heterocycles. The monoisotopic (exact) mass is 322 g/mol. The summed E-state index contributed by atoms with van der Waals surface area (Å²) < 4.78 is 38.5. The van der Waals surface area contributed by atoms with E-state index < -0.39 is 30.1 Å². The van der Waals surface area contributed by atoms with Crippen LogP contribution in [-0.4, -0.2) is 30.5 Å². The molecule has 21 heavy (non-hydrogen) atoms. The molecule has 2 aromatic heterocycles. The highest BCUT2D eigenvalue weighted by atomic mass is 32.1. The maximum Gasteiger partial charge on any atom is 0.451 e. The number of nitrogens with zero attached hydrogens (tertiary/aromatic N) is 5. The standard InChI is InChI=1S/C9H9F3N6O2S/c1-4-14-15-7(21-4)13-5(19)3-18-8(20)17(2)6(16-18)9(10,11)12/h3H2,1-2H3,(H,13,15,19). The first kappa shape index (κ1) is 15.2. The highest BCUT2D eigenvalue weighted by Gasteiger charge is 2.38. The van der Waals surface area contributed by atoms with E-state index in [1.54, 1.807) is 6.92 Å². The van der Waals surface area contributed by atoms with Crippen LogP contribution in [0.3, 0.4) is 0 Å². The summed E-state index contributed by atoms with van der Waals surface area (Å²) in [6.07, 6.45) is -4.77. The van der Waals surface area contributed by atoms with Crippen molar-refractivity contribution in [2.24, 2.45) is 7.05 Å². The summed E-state index contributed by atoms with van der Waals surface area (Å²) >= 11 is 1.10. The number of carbonyl (C=O) groups excluding carboxylic acids is 1. The third kappa shape index (κ3) is 3.26. The predicted molar refractivity (Wildman–Crippen MR) is 65.7 cm³/mol. The van der Waals surface area contributed by atoms with Crippen molar-refractivity contribution >= 4 is 22.4 Å². The van der Waals surface area contributed by atoms with E-state index in [1.807, 2.05) is 0 Å². The Bertz CT molecular complexity index is 731. The maximum atomic E-state index is 12.6. The lowest BCUT2D eigenvalue weighted by molar-refractivity contribution is -0.147. The minimum absolute atomic E-state index is 0.192. The van der Waals surface area contributed by atoms with Crippen LogP contribution in [0.15, 0.2) is 4.79 Å². The molecule has 0 unspecified atom stereocenters. The van der Waals surface area contributed by atoms with Crippen LogP contribution in [0.2, 0.25) is 0 Å². The van der Waals surface area contributed by atoms with Crippen LogP contribution >= 0.6 is 11.3 Å². The number of anilines is 1. The van der Waals surface area contributed by atoms with Gasteiger partial charge in [0.2, 0.25) is 16.9 Å². The average molecular weight is 322 g/mol. The minimum atomic E-state index is -4.77. The van der Waals surface area contributed by atoms with Crippen LogP contribution in [0.25, 0.3) is 0 Å². The quantitative estimate of drug-likeness (QED) is 0.882. The number of aryl methyl sites for hydroxylation is 1. The van der Waals surface area contributed by atoms with Crippen LogP contribution in [0.1, 0.15) is 10.8 Å². The summed E-state index contributed by atoms with van der Waals surface area (Å²) in [5, 5.41) is 13.5. The molecule has 0 spiro atoms. The maximum absolute atomic E-state index is 12.6. The molecule has 0 radical (unpaired) electrons. The lowest BCUT2D eigenvalue weighted by atomic mass is 10.6. The Morgan fingerprint density at radius 2 is 2.05 bits per heavy atom. The molecular formula is C9H9F3N6O2S. The molecule has 114 valence electrons. The van der Waals surface area contributed by atoms with E-state index in [4.69, 9.17) is 0 Å². The second-order valence-electron chi connectivity index (χ2n) is 4.00. The number of amides is 1. The van der Waals surface area contributed by atoms with E-state index in [9.17, 15) is 22.8 Å². The molecule has 0 aromatic carbocycles. The third-order valence-corrected chi connectivity index (χ3v) is 3.11. The number of hydrogen-bond donors (Lipinski definition) is 1. The molecule has 0 bridgehead atoms. The van der Waals surface area contributed by atoms with E-state index in [1.165, 1.54) is 0 Å². The smallest absolute Gasteiger partial charge is 0.299 e. The van der Waals surface area contributed by atoms with Crippen LogP contribution in [0, 0.1) is 6.92 Å². The fourth-order valence-corrected chi connectivity index (χ4v) is 2.09. The van der Waals surface area contributed by atoms with Gasteiger partial charge in [-0.05, 0) is 6.92 Å². The molecule has 1 amide bonds. The molecule has 0 atom stereocenters. The molecule has 8 nitrogen and oxygen atoms in total. The SMILES string of the molecule is Cc1nnc(NC(=O)Cn2nc(C(F)(F)F)n(C)c2=O)s1. The summed E-state index contributed by atoms with van der Waals surface area (Å²) in [4.78, 5) is 23.2. The molecular weight excluding hydrogens is 313 g/mol. The highest BCUT2D eigenvalue weighted by molar-refractivity contribution is 7.15. The Morgan fingerprint density at radius 3 is 2.52 bits per heavy atom. The molecule has 2 heterocycles. The summed E-state index contributed by atoms with van der Waals surface area (Å²) in [7, 11) is 0.931. The zero-order chi connectivity index (χ0) is 15.8. The van der Waals surface area contributed by atoms with Crippen molar-refractivity contribution < 1.29 is 18.0 Å². The number of alkyl halides is 3. The lowest BCUT2D eigenvalue weighted by Crippen LogP contribution is -2.29. The van der Waals surface area contributed by atoms with Crippen molar-refractivity contribution in [3.8, 4) is 0 Å². The largest absolute Gasteiger partial charge is 0.451 e. The van der Waals surface area contributed by atoms with Crippen molar-refractivity contribution in [1.82, 2.24) is 24.5 Å².